The fourth-order valence-corrected chi connectivity index (χ4v) is 6.59. The van der Waals surface area contributed by atoms with Gasteiger partial charge in [-0.05, 0) is 72.3 Å². The zero-order valence-electron chi connectivity index (χ0n) is 27.1. The molecule has 0 unspecified atom stereocenters. The molecule has 2 aliphatic heterocycles. The van der Waals surface area contributed by atoms with E-state index in [1.54, 1.807) is 35.3 Å². The number of hydrogen-bond acceptors (Lipinski definition) is 11. The molecule has 0 radical (unpaired) electrons. The summed E-state index contributed by atoms with van der Waals surface area (Å²) < 4.78 is 23.4. The standard InChI is InChI=1S/C33H36Cl2N10O4/c1-3-23(2)45-32(46)44(22-38-45)26-7-5-25(6-8-26)41-12-14-42(15-13-41)31-11-9-27(17-36-31)47-18-28-19-48-33(49-28,20-43-21-37-39-40-43)29-10-4-24(34)16-30(29)35/h4-11,16-17,21-23,28H,3,12-15,18-20H2,1-2H3/t23-,28-,33-/m1/s1. The zero-order chi connectivity index (χ0) is 34.0. The molecule has 49 heavy (non-hydrogen) atoms. The molecule has 2 aliphatic rings. The van der Waals surface area contributed by atoms with Gasteiger partial charge in [0.15, 0.2) is 0 Å². The highest BCUT2D eigenvalue weighted by Crippen LogP contribution is 2.40. The maximum atomic E-state index is 12.8. The topological polar surface area (TPSA) is 130 Å². The first-order chi connectivity index (χ1) is 23.8. The molecule has 2 saturated heterocycles. The van der Waals surface area contributed by atoms with Gasteiger partial charge in [-0.1, -0.05) is 36.2 Å². The number of pyridine rings is 1. The van der Waals surface area contributed by atoms with Gasteiger partial charge in [0.1, 0.15) is 43.5 Å². The van der Waals surface area contributed by atoms with Crippen molar-refractivity contribution in [2.24, 2.45) is 0 Å². The lowest BCUT2D eigenvalue weighted by atomic mass is 10.1. The number of hydrogen-bond donors (Lipinski definition) is 0. The molecule has 5 heterocycles. The van der Waals surface area contributed by atoms with Gasteiger partial charge in [-0.15, -0.1) is 5.10 Å². The Morgan fingerprint density at radius 1 is 1.00 bits per heavy atom. The van der Waals surface area contributed by atoms with Crippen LogP contribution in [0.3, 0.4) is 0 Å². The quantitative estimate of drug-likeness (QED) is 0.194. The van der Waals surface area contributed by atoms with Gasteiger partial charge in [0.25, 0.3) is 0 Å². The Bertz CT molecular complexity index is 1910. The van der Waals surface area contributed by atoms with Crippen LogP contribution >= 0.6 is 23.2 Å². The summed E-state index contributed by atoms with van der Waals surface area (Å²) in [7, 11) is 0. The summed E-state index contributed by atoms with van der Waals surface area (Å²) >= 11 is 12.7. The van der Waals surface area contributed by atoms with Crippen LogP contribution in [0.1, 0.15) is 31.9 Å². The van der Waals surface area contributed by atoms with E-state index in [1.165, 1.54) is 15.7 Å². The largest absolute Gasteiger partial charge is 0.489 e. The number of halogens is 2. The number of rotatable bonds is 11. The van der Waals surface area contributed by atoms with Crippen LogP contribution in [0.5, 0.6) is 5.75 Å². The zero-order valence-corrected chi connectivity index (χ0v) is 28.6. The summed E-state index contributed by atoms with van der Waals surface area (Å²) in [5.74, 6) is 0.300. The molecule has 2 aromatic carbocycles. The van der Waals surface area contributed by atoms with Crippen LogP contribution in [0.2, 0.25) is 10.0 Å². The average molecular weight is 708 g/mol. The monoisotopic (exact) mass is 706 g/mol. The van der Waals surface area contributed by atoms with E-state index in [2.05, 4.69) is 47.5 Å². The molecule has 0 amide bonds. The first kappa shape index (κ1) is 33.0. The molecular formula is C33H36Cl2N10O4. The summed E-state index contributed by atoms with van der Waals surface area (Å²) in [6.07, 6.45) is 5.27. The first-order valence-corrected chi connectivity index (χ1v) is 16.9. The van der Waals surface area contributed by atoms with Gasteiger partial charge < -0.3 is 24.0 Å². The highest BCUT2D eigenvalue weighted by molar-refractivity contribution is 6.35. The Kier molecular flexibility index (Phi) is 9.54. The Morgan fingerprint density at radius 3 is 2.47 bits per heavy atom. The Hall–Kier alpha value is -4.50. The van der Waals surface area contributed by atoms with Gasteiger partial charge >= 0.3 is 5.69 Å². The number of benzene rings is 2. The van der Waals surface area contributed by atoms with Crippen LogP contribution < -0.4 is 20.2 Å². The SMILES string of the molecule is CC[C@@H](C)n1ncn(-c2ccc(N3CCN(c4ccc(OC[C@@H]5CO[C@@](Cn6cnnn6)(c6ccc(Cl)cc6Cl)O5)cn4)CC3)cc2)c1=O. The van der Waals surface area contributed by atoms with Gasteiger partial charge in [0.05, 0.1) is 29.6 Å². The minimum Gasteiger partial charge on any atom is -0.489 e. The minimum atomic E-state index is -1.21. The number of nitrogens with zero attached hydrogens (tertiary/aromatic N) is 10. The molecule has 0 aliphatic carbocycles. The predicted molar refractivity (Wildman–Crippen MR) is 184 cm³/mol. The van der Waals surface area contributed by atoms with Crippen molar-refractivity contribution in [2.75, 3.05) is 49.2 Å². The molecule has 3 atom stereocenters. The molecule has 2 fully saturated rings. The number of piperazine rings is 1. The maximum Gasteiger partial charge on any atom is 0.350 e. The van der Waals surface area contributed by atoms with E-state index in [-0.39, 0.29) is 37.6 Å². The van der Waals surface area contributed by atoms with Crippen molar-refractivity contribution in [2.45, 2.75) is 44.7 Å². The minimum absolute atomic E-state index is 0.0578. The Morgan fingerprint density at radius 2 is 1.78 bits per heavy atom. The van der Waals surface area contributed by atoms with E-state index in [0.717, 1.165) is 49.8 Å². The second-order valence-electron chi connectivity index (χ2n) is 12.1. The third-order valence-electron chi connectivity index (χ3n) is 8.92. The Labute approximate surface area is 292 Å². The van der Waals surface area contributed by atoms with E-state index in [0.29, 0.717) is 21.4 Å². The first-order valence-electron chi connectivity index (χ1n) is 16.2. The van der Waals surface area contributed by atoms with Crippen LogP contribution in [-0.2, 0) is 21.8 Å². The number of ether oxygens (including phenoxy) is 3. The third-order valence-corrected chi connectivity index (χ3v) is 9.47. The van der Waals surface area contributed by atoms with Gasteiger partial charge in [0.2, 0.25) is 5.79 Å². The molecule has 0 N–H and O–H groups in total. The second kappa shape index (κ2) is 14.2. The highest BCUT2D eigenvalue weighted by Gasteiger charge is 2.46. The fourth-order valence-electron chi connectivity index (χ4n) is 6.04. The lowest BCUT2D eigenvalue weighted by molar-refractivity contribution is -0.190. The number of aromatic nitrogens is 8. The summed E-state index contributed by atoms with van der Waals surface area (Å²) in [4.78, 5) is 22.1. The smallest absolute Gasteiger partial charge is 0.350 e. The molecule has 0 spiro atoms. The molecule has 3 aromatic heterocycles. The highest BCUT2D eigenvalue weighted by atomic mass is 35.5. The van der Waals surface area contributed by atoms with Gasteiger partial charge in [-0.3, -0.25) is 0 Å². The van der Waals surface area contributed by atoms with Gasteiger partial charge in [-0.2, -0.15) is 5.10 Å². The fraction of sp³-hybridized carbons (Fsp3) is 0.394. The summed E-state index contributed by atoms with van der Waals surface area (Å²) in [6, 6.07) is 17.2. The van der Waals surface area contributed by atoms with Gasteiger partial charge in [-0.25, -0.2) is 23.7 Å². The average Bonchev–Trinajstić information content (AvgIpc) is 3.88. The van der Waals surface area contributed by atoms with Crippen molar-refractivity contribution in [1.29, 1.82) is 0 Å². The van der Waals surface area contributed by atoms with Crippen molar-refractivity contribution < 1.29 is 14.2 Å². The van der Waals surface area contributed by atoms with E-state index in [4.69, 9.17) is 37.4 Å². The molecular weight excluding hydrogens is 671 g/mol. The van der Waals surface area contributed by atoms with Crippen molar-refractivity contribution in [3.63, 3.8) is 0 Å². The number of anilines is 2. The molecule has 14 nitrogen and oxygen atoms in total. The molecule has 7 rings (SSSR count). The van der Waals surface area contributed by atoms with Crippen LogP contribution in [0, 0.1) is 0 Å². The van der Waals surface area contributed by atoms with Crippen LogP contribution in [0.4, 0.5) is 11.5 Å². The second-order valence-corrected chi connectivity index (χ2v) is 12.9. The van der Waals surface area contributed by atoms with E-state index in [9.17, 15) is 4.79 Å². The summed E-state index contributed by atoms with van der Waals surface area (Å²) in [5, 5.41) is 16.6. The normalized spacial score (nSPS) is 20.1. The van der Waals surface area contributed by atoms with Crippen LogP contribution in [0.25, 0.3) is 5.69 Å². The van der Waals surface area contributed by atoms with E-state index in [1.807, 2.05) is 38.1 Å². The van der Waals surface area contributed by atoms with Crippen molar-refractivity contribution in [3.8, 4) is 11.4 Å². The summed E-state index contributed by atoms with van der Waals surface area (Å²) in [6.45, 7) is 8.08. The lowest BCUT2D eigenvalue weighted by Crippen LogP contribution is -2.46. The van der Waals surface area contributed by atoms with E-state index >= 15 is 0 Å². The van der Waals surface area contributed by atoms with Crippen molar-refractivity contribution in [3.05, 3.63) is 99.5 Å². The Balaban J connectivity index is 0.925. The van der Waals surface area contributed by atoms with E-state index < -0.39 is 5.79 Å². The van der Waals surface area contributed by atoms with Crippen molar-refractivity contribution >= 4 is 34.7 Å². The molecule has 5 aromatic rings. The number of tetrazole rings is 1. The molecule has 256 valence electrons. The third kappa shape index (κ3) is 6.99. The van der Waals surface area contributed by atoms with Crippen LogP contribution in [-0.4, -0.2) is 85.0 Å². The molecule has 0 bridgehead atoms. The maximum absolute atomic E-state index is 12.8. The summed E-state index contributed by atoms with van der Waals surface area (Å²) in [5.41, 5.74) is 2.41. The predicted octanol–water partition coefficient (Wildman–Crippen LogP) is 4.37. The van der Waals surface area contributed by atoms with Gasteiger partial charge in [0, 0.05) is 42.5 Å². The lowest BCUT2D eigenvalue weighted by Gasteiger charge is -2.36. The molecule has 16 heteroatoms. The van der Waals surface area contributed by atoms with Crippen molar-refractivity contribution in [1.82, 2.24) is 39.5 Å². The molecule has 0 saturated carbocycles. The van der Waals surface area contributed by atoms with Crippen LogP contribution in [0.15, 0.2) is 78.2 Å².